The van der Waals surface area contributed by atoms with Crippen molar-refractivity contribution < 1.29 is 19.0 Å². The molecule has 1 amide bonds. The van der Waals surface area contributed by atoms with Crippen LogP contribution in [0.1, 0.15) is 11.1 Å². The van der Waals surface area contributed by atoms with Crippen LogP contribution in [-0.2, 0) is 11.2 Å². The van der Waals surface area contributed by atoms with E-state index in [1.54, 1.807) is 38.5 Å². The lowest BCUT2D eigenvalue weighted by atomic mass is 10.1. The lowest BCUT2D eigenvalue weighted by Gasteiger charge is -2.08. The summed E-state index contributed by atoms with van der Waals surface area (Å²) in [6.45, 7) is 0.723. The van der Waals surface area contributed by atoms with Gasteiger partial charge in [0.05, 0.1) is 20.8 Å². The first-order chi connectivity index (χ1) is 11.7. The van der Waals surface area contributed by atoms with Crippen molar-refractivity contribution in [1.29, 1.82) is 0 Å². The smallest absolute Gasteiger partial charge is 0.248 e. The molecule has 0 aliphatic carbocycles. The van der Waals surface area contributed by atoms with Gasteiger partial charge < -0.3 is 19.5 Å². The fourth-order valence-corrected chi connectivity index (χ4v) is 2.55. The molecule has 1 aliphatic rings. The summed E-state index contributed by atoms with van der Waals surface area (Å²) >= 11 is 0. The number of ether oxygens (including phenoxy) is 3. The second-order valence-corrected chi connectivity index (χ2v) is 5.39. The number of carbonyl (C=O) groups is 1. The van der Waals surface area contributed by atoms with Crippen molar-refractivity contribution in [2.75, 3.05) is 26.1 Å². The molecular formula is C19H19NO4. The summed E-state index contributed by atoms with van der Waals surface area (Å²) in [5, 5.41) is 2.80. The van der Waals surface area contributed by atoms with Crippen LogP contribution in [0.15, 0.2) is 42.5 Å². The van der Waals surface area contributed by atoms with Crippen LogP contribution >= 0.6 is 0 Å². The maximum atomic E-state index is 12.1. The van der Waals surface area contributed by atoms with Gasteiger partial charge in [-0.3, -0.25) is 4.79 Å². The summed E-state index contributed by atoms with van der Waals surface area (Å²) in [5.41, 5.74) is 2.76. The van der Waals surface area contributed by atoms with Crippen molar-refractivity contribution >= 4 is 17.7 Å². The first-order valence-corrected chi connectivity index (χ1v) is 7.66. The highest BCUT2D eigenvalue weighted by molar-refractivity contribution is 6.02. The summed E-state index contributed by atoms with van der Waals surface area (Å²) in [7, 11) is 3.13. The van der Waals surface area contributed by atoms with Crippen molar-refractivity contribution in [3.63, 3.8) is 0 Å². The topological polar surface area (TPSA) is 56.8 Å². The quantitative estimate of drug-likeness (QED) is 0.857. The van der Waals surface area contributed by atoms with E-state index in [4.69, 9.17) is 14.2 Å². The zero-order chi connectivity index (χ0) is 16.9. The minimum absolute atomic E-state index is 0.220. The van der Waals surface area contributed by atoms with E-state index >= 15 is 0 Å². The van der Waals surface area contributed by atoms with E-state index in [2.05, 4.69) is 5.32 Å². The average molecular weight is 325 g/mol. The van der Waals surface area contributed by atoms with Crippen molar-refractivity contribution in [2.24, 2.45) is 0 Å². The van der Waals surface area contributed by atoms with E-state index in [9.17, 15) is 4.79 Å². The Morgan fingerprint density at radius 3 is 2.58 bits per heavy atom. The van der Waals surface area contributed by atoms with Crippen molar-refractivity contribution in [3.05, 3.63) is 53.6 Å². The average Bonchev–Trinajstić information content (AvgIpc) is 3.07. The zero-order valence-corrected chi connectivity index (χ0v) is 13.7. The van der Waals surface area contributed by atoms with Crippen LogP contribution in [0.2, 0.25) is 0 Å². The maximum Gasteiger partial charge on any atom is 0.248 e. The van der Waals surface area contributed by atoms with E-state index in [0.717, 1.165) is 24.3 Å². The predicted molar refractivity (Wildman–Crippen MR) is 92.9 cm³/mol. The Balaban J connectivity index is 1.69. The Labute approximate surface area is 140 Å². The number of hydrogen-bond donors (Lipinski definition) is 1. The maximum absolute atomic E-state index is 12.1. The molecular weight excluding hydrogens is 306 g/mol. The Bertz CT molecular complexity index is 761. The van der Waals surface area contributed by atoms with Crippen LogP contribution in [0.4, 0.5) is 5.69 Å². The van der Waals surface area contributed by atoms with Gasteiger partial charge in [-0.05, 0) is 29.3 Å². The third kappa shape index (κ3) is 3.68. The summed E-state index contributed by atoms with van der Waals surface area (Å²) in [4.78, 5) is 12.1. The van der Waals surface area contributed by atoms with Gasteiger partial charge in [0.25, 0.3) is 0 Å². The number of amides is 1. The number of anilines is 1. The van der Waals surface area contributed by atoms with Crippen LogP contribution in [-0.4, -0.2) is 26.7 Å². The lowest BCUT2D eigenvalue weighted by molar-refractivity contribution is -0.111. The molecule has 24 heavy (non-hydrogen) atoms. The van der Waals surface area contributed by atoms with Crippen LogP contribution in [0.3, 0.4) is 0 Å². The molecule has 0 aromatic heterocycles. The molecule has 124 valence electrons. The van der Waals surface area contributed by atoms with Gasteiger partial charge in [-0.15, -0.1) is 0 Å². The summed E-state index contributed by atoms with van der Waals surface area (Å²) in [6.07, 6.45) is 4.20. The van der Waals surface area contributed by atoms with Gasteiger partial charge in [0.1, 0.15) is 17.2 Å². The normalized spacial score (nSPS) is 12.6. The van der Waals surface area contributed by atoms with E-state index in [1.807, 2.05) is 18.2 Å². The fraction of sp³-hybridized carbons (Fsp3) is 0.211. The van der Waals surface area contributed by atoms with Gasteiger partial charge in [-0.25, -0.2) is 0 Å². The van der Waals surface area contributed by atoms with Crippen molar-refractivity contribution in [1.82, 2.24) is 0 Å². The number of rotatable bonds is 5. The molecule has 0 unspecified atom stereocenters. The minimum Gasteiger partial charge on any atom is -0.497 e. The Hall–Kier alpha value is -2.95. The van der Waals surface area contributed by atoms with Crippen LogP contribution in [0, 0.1) is 0 Å². The van der Waals surface area contributed by atoms with Gasteiger partial charge in [-0.1, -0.05) is 6.07 Å². The Morgan fingerprint density at radius 2 is 1.88 bits per heavy atom. The molecule has 1 aliphatic heterocycles. The van der Waals surface area contributed by atoms with Gasteiger partial charge in [0.2, 0.25) is 5.91 Å². The molecule has 1 heterocycles. The molecule has 0 spiro atoms. The molecule has 2 aromatic rings. The summed E-state index contributed by atoms with van der Waals surface area (Å²) in [6, 6.07) is 11.1. The summed E-state index contributed by atoms with van der Waals surface area (Å²) in [5.74, 6) is 1.95. The van der Waals surface area contributed by atoms with Gasteiger partial charge in [0, 0.05) is 36.4 Å². The second-order valence-electron chi connectivity index (χ2n) is 5.39. The molecule has 0 saturated heterocycles. The minimum atomic E-state index is -0.220. The standard InChI is InChI=1S/C19H19NO4/c1-22-16-10-15(11-17(12-16)23-2)20-19(21)6-4-13-3-5-18-14(9-13)7-8-24-18/h3-6,9-12H,7-8H2,1-2H3,(H,20,21)/b6-4+. The number of methoxy groups -OCH3 is 2. The number of fused-ring (bicyclic) bond motifs is 1. The zero-order valence-electron chi connectivity index (χ0n) is 13.7. The molecule has 3 rings (SSSR count). The highest BCUT2D eigenvalue weighted by Crippen LogP contribution is 2.27. The van der Waals surface area contributed by atoms with E-state index in [0.29, 0.717) is 17.2 Å². The van der Waals surface area contributed by atoms with Gasteiger partial charge >= 0.3 is 0 Å². The molecule has 5 heteroatoms. The monoisotopic (exact) mass is 325 g/mol. The van der Waals surface area contributed by atoms with E-state index < -0.39 is 0 Å². The third-order valence-electron chi connectivity index (χ3n) is 3.76. The van der Waals surface area contributed by atoms with Gasteiger partial charge in [-0.2, -0.15) is 0 Å². The number of carbonyl (C=O) groups excluding carboxylic acids is 1. The highest BCUT2D eigenvalue weighted by Gasteiger charge is 2.11. The summed E-state index contributed by atoms with van der Waals surface area (Å²) < 4.78 is 15.9. The Kier molecular flexibility index (Phi) is 4.70. The molecule has 0 saturated carbocycles. The largest absolute Gasteiger partial charge is 0.497 e. The van der Waals surface area contributed by atoms with Crippen LogP contribution in [0.25, 0.3) is 6.08 Å². The van der Waals surface area contributed by atoms with Crippen LogP contribution in [0.5, 0.6) is 17.2 Å². The van der Waals surface area contributed by atoms with E-state index in [-0.39, 0.29) is 5.91 Å². The number of benzene rings is 2. The SMILES string of the molecule is COc1cc(NC(=O)/C=C/c2ccc3c(c2)CCO3)cc(OC)c1. The molecule has 0 radical (unpaired) electrons. The second kappa shape index (κ2) is 7.08. The van der Waals surface area contributed by atoms with Gasteiger partial charge in [0.15, 0.2) is 0 Å². The predicted octanol–water partition coefficient (Wildman–Crippen LogP) is 3.29. The number of hydrogen-bond acceptors (Lipinski definition) is 4. The molecule has 0 bridgehead atoms. The first-order valence-electron chi connectivity index (χ1n) is 7.66. The fourth-order valence-electron chi connectivity index (χ4n) is 2.55. The first kappa shape index (κ1) is 15.9. The van der Waals surface area contributed by atoms with Crippen molar-refractivity contribution in [3.8, 4) is 17.2 Å². The molecule has 2 aromatic carbocycles. The Morgan fingerprint density at radius 1 is 1.12 bits per heavy atom. The molecule has 0 atom stereocenters. The lowest BCUT2D eigenvalue weighted by Crippen LogP contribution is -2.08. The number of nitrogens with one attached hydrogen (secondary N) is 1. The third-order valence-corrected chi connectivity index (χ3v) is 3.76. The molecule has 1 N–H and O–H groups in total. The molecule has 0 fully saturated rings. The van der Waals surface area contributed by atoms with Crippen LogP contribution < -0.4 is 19.5 Å². The van der Waals surface area contributed by atoms with Crippen molar-refractivity contribution in [2.45, 2.75) is 6.42 Å². The van der Waals surface area contributed by atoms with E-state index in [1.165, 1.54) is 11.6 Å². The highest BCUT2D eigenvalue weighted by atomic mass is 16.5. The molecule has 5 nitrogen and oxygen atoms in total.